The lowest BCUT2D eigenvalue weighted by molar-refractivity contribution is 1.04. The summed E-state index contributed by atoms with van der Waals surface area (Å²) >= 11 is 0. The van der Waals surface area contributed by atoms with Crippen LogP contribution in [0.2, 0.25) is 0 Å². The molecule has 4 aromatic rings. The Kier molecular flexibility index (Phi) is 4.55. The topological polar surface area (TPSA) is 42.0 Å². The fourth-order valence-electron chi connectivity index (χ4n) is 3.36. The Balaban J connectivity index is 1.93. The van der Waals surface area contributed by atoms with Crippen LogP contribution < -0.4 is 0 Å². The van der Waals surface area contributed by atoms with Gasteiger partial charge in [-0.2, -0.15) is 0 Å². The first-order valence-electron chi connectivity index (χ1n) is 9.22. The molecule has 0 aliphatic rings. The monoisotopic (exact) mass is 354 g/mol. The minimum absolute atomic E-state index is 0.764. The predicted octanol–water partition coefficient (Wildman–Crippen LogP) is 6.60. The number of aromatic nitrogens is 2. The quantitative estimate of drug-likeness (QED) is 0.381. The van der Waals surface area contributed by atoms with Crippen LogP contribution >= 0.6 is 0 Å². The Morgan fingerprint density at radius 2 is 1.63 bits per heavy atom. The standard InChI is InChI=1S/C23H22N4/c1-4-18-14-8-10-16(2)21(18)25-26-23-22(19-12-6-5-7-13-19)24-20-15-9-11-17(3)27(20)23/h5-15H,4H2,1-3H3. The Hall–Kier alpha value is -3.27. The summed E-state index contributed by atoms with van der Waals surface area (Å²) in [5.74, 6) is 0.764. The second-order valence-corrected chi connectivity index (χ2v) is 6.65. The van der Waals surface area contributed by atoms with E-state index in [4.69, 9.17) is 10.1 Å². The molecule has 0 aliphatic heterocycles. The highest BCUT2D eigenvalue weighted by Gasteiger charge is 2.15. The van der Waals surface area contributed by atoms with Gasteiger partial charge in [0, 0.05) is 11.3 Å². The minimum atomic E-state index is 0.764. The SMILES string of the molecule is CCc1cccc(C)c1N=Nc1c(-c2ccccc2)nc2cccc(C)n12. The van der Waals surface area contributed by atoms with E-state index in [1.54, 1.807) is 0 Å². The highest BCUT2D eigenvalue weighted by molar-refractivity contribution is 5.74. The van der Waals surface area contributed by atoms with E-state index in [2.05, 4.69) is 66.7 Å². The van der Waals surface area contributed by atoms with E-state index in [9.17, 15) is 0 Å². The highest BCUT2D eigenvalue weighted by Crippen LogP contribution is 2.34. The first kappa shape index (κ1) is 17.2. The number of imidazole rings is 1. The van der Waals surface area contributed by atoms with Gasteiger partial charge in [-0.15, -0.1) is 10.2 Å². The van der Waals surface area contributed by atoms with E-state index < -0.39 is 0 Å². The van der Waals surface area contributed by atoms with Crippen molar-refractivity contribution in [2.24, 2.45) is 10.2 Å². The second-order valence-electron chi connectivity index (χ2n) is 6.65. The van der Waals surface area contributed by atoms with Gasteiger partial charge in [-0.1, -0.05) is 61.5 Å². The van der Waals surface area contributed by atoms with Crippen LogP contribution in [0.4, 0.5) is 11.5 Å². The summed E-state index contributed by atoms with van der Waals surface area (Å²) in [6.45, 7) is 6.28. The number of benzene rings is 2. The molecule has 134 valence electrons. The minimum Gasteiger partial charge on any atom is -0.280 e. The van der Waals surface area contributed by atoms with Crippen molar-refractivity contribution in [3.05, 3.63) is 83.6 Å². The van der Waals surface area contributed by atoms with Gasteiger partial charge < -0.3 is 0 Å². The zero-order chi connectivity index (χ0) is 18.8. The van der Waals surface area contributed by atoms with Crippen molar-refractivity contribution in [1.82, 2.24) is 9.38 Å². The van der Waals surface area contributed by atoms with Crippen LogP contribution in [-0.2, 0) is 6.42 Å². The molecular weight excluding hydrogens is 332 g/mol. The molecule has 0 atom stereocenters. The van der Waals surface area contributed by atoms with Gasteiger partial charge in [-0.05, 0) is 43.5 Å². The molecule has 0 bridgehead atoms. The molecule has 2 aromatic heterocycles. The van der Waals surface area contributed by atoms with Crippen LogP contribution in [0.25, 0.3) is 16.9 Å². The summed E-state index contributed by atoms with van der Waals surface area (Å²) in [5.41, 5.74) is 7.12. The van der Waals surface area contributed by atoms with Gasteiger partial charge >= 0.3 is 0 Å². The van der Waals surface area contributed by atoms with E-state index in [1.165, 1.54) is 5.56 Å². The lowest BCUT2D eigenvalue weighted by Gasteiger charge is -2.06. The first-order chi connectivity index (χ1) is 13.2. The maximum absolute atomic E-state index is 4.83. The molecule has 0 N–H and O–H groups in total. The third-order valence-corrected chi connectivity index (χ3v) is 4.81. The second kappa shape index (κ2) is 7.16. The number of nitrogens with zero attached hydrogens (tertiary/aromatic N) is 4. The van der Waals surface area contributed by atoms with Crippen molar-refractivity contribution in [2.75, 3.05) is 0 Å². The Morgan fingerprint density at radius 3 is 2.41 bits per heavy atom. The van der Waals surface area contributed by atoms with E-state index in [0.29, 0.717) is 0 Å². The van der Waals surface area contributed by atoms with Crippen molar-refractivity contribution in [2.45, 2.75) is 27.2 Å². The number of azo groups is 1. The van der Waals surface area contributed by atoms with E-state index in [0.717, 1.165) is 46.1 Å². The van der Waals surface area contributed by atoms with Gasteiger partial charge in [0.25, 0.3) is 0 Å². The van der Waals surface area contributed by atoms with Gasteiger partial charge in [0.1, 0.15) is 11.3 Å². The molecule has 0 unspecified atom stereocenters. The maximum atomic E-state index is 4.83. The number of aryl methyl sites for hydroxylation is 3. The third kappa shape index (κ3) is 3.14. The highest BCUT2D eigenvalue weighted by atomic mass is 15.2. The fourth-order valence-corrected chi connectivity index (χ4v) is 3.36. The smallest absolute Gasteiger partial charge is 0.187 e. The van der Waals surface area contributed by atoms with Crippen molar-refractivity contribution < 1.29 is 0 Å². The number of rotatable bonds is 4. The van der Waals surface area contributed by atoms with Crippen LogP contribution in [-0.4, -0.2) is 9.38 Å². The van der Waals surface area contributed by atoms with Crippen molar-refractivity contribution in [1.29, 1.82) is 0 Å². The molecule has 0 fully saturated rings. The summed E-state index contributed by atoms with van der Waals surface area (Å²) in [7, 11) is 0. The van der Waals surface area contributed by atoms with Crippen molar-refractivity contribution in [3.63, 3.8) is 0 Å². The van der Waals surface area contributed by atoms with Crippen molar-refractivity contribution in [3.8, 4) is 11.3 Å². The zero-order valence-corrected chi connectivity index (χ0v) is 15.8. The predicted molar refractivity (Wildman–Crippen MR) is 110 cm³/mol. The molecule has 0 aliphatic carbocycles. The maximum Gasteiger partial charge on any atom is 0.187 e. The summed E-state index contributed by atoms with van der Waals surface area (Å²) in [4.78, 5) is 4.83. The normalized spacial score (nSPS) is 11.5. The molecule has 4 heteroatoms. The van der Waals surface area contributed by atoms with E-state index >= 15 is 0 Å². The Morgan fingerprint density at radius 1 is 0.852 bits per heavy atom. The third-order valence-electron chi connectivity index (χ3n) is 4.81. The Bertz CT molecular complexity index is 1120. The first-order valence-corrected chi connectivity index (χ1v) is 9.22. The number of hydrogen-bond donors (Lipinski definition) is 0. The number of fused-ring (bicyclic) bond motifs is 1. The van der Waals surface area contributed by atoms with Gasteiger partial charge in [-0.3, -0.25) is 4.40 Å². The van der Waals surface area contributed by atoms with Crippen LogP contribution in [0.3, 0.4) is 0 Å². The van der Waals surface area contributed by atoms with Crippen LogP contribution in [0.1, 0.15) is 23.7 Å². The lowest BCUT2D eigenvalue weighted by atomic mass is 10.1. The van der Waals surface area contributed by atoms with Crippen LogP contribution in [0, 0.1) is 13.8 Å². The van der Waals surface area contributed by atoms with Crippen molar-refractivity contribution >= 4 is 17.2 Å². The molecule has 0 radical (unpaired) electrons. The summed E-state index contributed by atoms with van der Waals surface area (Å²) in [6, 6.07) is 22.5. The molecule has 4 nitrogen and oxygen atoms in total. The van der Waals surface area contributed by atoms with E-state index in [1.807, 2.05) is 30.3 Å². The molecular formula is C23H22N4. The summed E-state index contributed by atoms with van der Waals surface area (Å²) in [6.07, 6.45) is 0.924. The molecule has 4 rings (SSSR count). The molecule has 2 heterocycles. The molecule has 27 heavy (non-hydrogen) atoms. The van der Waals surface area contributed by atoms with Crippen LogP contribution in [0.5, 0.6) is 0 Å². The lowest BCUT2D eigenvalue weighted by Crippen LogP contribution is -1.89. The molecule has 2 aromatic carbocycles. The summed E-state index contributed by atoms with van der Waals surface area (Å²) < 4.78 is 2.07. The average molecular weight is 354 g/mol. The van der Waals surface area contributed by atoms with E-state index in [-0.39, 0.29) is 0 Å². The van der Waals surface area contributed by atoms with Crippen LogP contribution in [0.15, 0.2) is 77.0 Å². The van der Waals surface area contributed by atoms with Gasteiger partial charge in [0.05, 0.1) is 5.69 Å². The largest absolute Gasteiger partial charge is 0.280 e. The summed E-state index contributed by atoms with van der Waals surface area (Å²) in [5, 5.41) is 9.36. The fraction of sp³-hybridized carbons (Fsp3) is 0.174. The van der Waals surface area contributed by atoms with Gasteiger partial charge in [-0.25, -0.2) is 4.98 Å². The Labute approximate surface area is 159 Å². The average Bonchev–Trinajstić information content (AvgIpc) is 3.07. The van der Waals surface area contributed by atoms with Gasteiger partial charge in [0.2, 0.25) is 0 Å². The zero-order valence-electron chi connectivity index (χ0n) is 15.8. The molecule has 0 amide bonds. The number of hydrogen-bond acceptors (Lipinski definition) is 3. The molecule has 0 saturated carbocycles. The molecule has 0 spiro atoms. The number of pyridine rings is 1. The molecule has 0 saturated heterocycles. The van der Waals surface area contributed by atoms with Gasteiger partial charge in [0.15, 0.2) is 5.82 Å².